The first-order valence-corrected chi connectivity index (χ1v) is 12.5. The molecule has 0 spiro atoms. The number of rotatable bonds is 6. The first-order valence-electron chi connectivity index (χ1n) is 11.7. The van der Waals surface area contributed by atoms with Crippen molar-refractivity contribution in [1.29, 1.82) is 0 Å². The molecule has 0 unspecified atom stereocenters. The van der Waals surface area contributed by atoms with E-state index in [-0.39, 0.29) is 11.7 Å². The van der Waals surface area contributed by atoms with Gasteiger partial charge in [-0.2, -0.15) is 0 Å². The summed E-state index contributed by atoms with van der Waals surface area (Å²) in [6.45, 7) is 5.56. The van der Waals surface area contributed by atoms with Crippen LogP contribution >= 0.6 is 15.9 Å². The zero-order valence-electron chi connectivity index (χ0n) is 19.6. The monoisotopic (exact) mass is 533 g/mol. The number of phenolic OH excluding ortho intramolecular Hbond substituents is 1. The van der Waals surface area contributed by atoms with Crippen LogP contribution in [0.1, 0.15) is 15.9 Å². The number of hydrogen-bond acceptors (Lipinski definition) is 5. The molecule has 0 bridgehead atoms. The van der Waals surface area contributed by atoms with E-state index < -0.39 is 0 Å². The fraction of sp³-hybridized carbons (Fsp3) is 0.259. The van der Waals surface area contributed by atoms with Gasteiger partial charge in [0.1, 0.15) is 11.6 Å². The molecule has 1 saturated heterocycles. The van der Waals surface area contributed by atoms with E-state index in [1.54, 1.807) is 30.3 Å². The Balaban J connectivity index is 1.23. The van der Waals surface area contributed by atoms with E-state index in [0.717, 1.165) is 54.8 Å². The lowest BCUT2D eigenvalue weighted by Gasteiger charge is -2.32. The predicted octanol–water partition coefficient (Wildman–Crippen LogP) is 4.74. The highest BCUT2D eigenvalue weighted by molar-refractivity contribution is 9.10. The van der Waals surface area contributed by atoms with E-state index >= 15 is 0 Å². The number of benzene rings is 3. The maximum Gasteiger partial charge on any atom is 0.255 e. The highest BCUT2D eigenvalue weighted by atomic mass is 79.9. The van der Waals surface area contributed by atoms with Crippen LogP contribution in [-0.4, -0.2) is 70.6 Å². The molecule has 1 aliphatic rings. The van der Waals surface area contributed by atoms with Gasteiger partial charge in [0, 0.05) is 48.4 Å². The Morgan fingerprint density at radius 2 is 1.83 bits per heavy atom. The fourth-order valence-corrected chi connectivity index (χ4v) is 4.65. The van der Waals surface area contributed by atoms with Gasteiger partial charge < -0.3 is 25.2 Å². The van der Waals surface area contributed by atoms with Crippen molar-refractivity contribution in [3.63, 3.8) is 0 Å². The van der Waals surface area contributed by atoms with Crippen molar-refractivity contribution in [2.24, 2.45) is 0 Å². The average molecular weight is 534 g/mol. The van der Waals surface area contributed by atoms with Gasteiger partial charge in [0.2, 0.25) is 0 Å². The van der Waals surface area contributed by atoms with Crippen LogP contribution in [0.4, 0.5) is 5.69 Å². The predicted molar refractivity (Wildman–Crippen MR) is 143 cm³/mol. The number of hydrogen-bond donors (Lipinski definition) is 3. The van der Waals surface area contributed by atoms with E-state index in [1.807, 2.05) is 18.2 Å². The third kappa shape index (κ3) is 5.56. The number of phenols is 1. The van der Waals surface area contributed by atoms with E-state index in [0.29, 0.717) is 22.5 Å². The molecule has 35 heavy (non-hydrogen) atoms. The van der Waals surface area contributed by atoms with Crippen molar-refractivity contribution in [1.82, 2.24) is 19.8 Å². The molecule has 1 amide bonds. The maximum atomic E-state index is 12.9. The SMILES string of the molecule is CN1CCN(CCc2ccc(NC(=O)c3ccc4[nH]c(-c5cc(Br)ccc5O)nc4c3)cc2)CC1. The van der Waals surface area contributed by atoms with Crippen molar-refractivity contribution in [3.05, 3.63) is 76.3 Å². The summed E-state index contributed by atoms with van der Waals surface area (Å²) in [6, 6.07) is 18.6. The van der Waals surface area contributed by atoms with Crippen LogP contribution in [0, 0.1) is 0 Å². The number of H-pyrrole nitrogens is 1. The number of nitrogens with one attached hydrogen (secondary N) is 2. The van der Waals surface area contributed by atoms with Crippen molar-refractivity contribution in [2.45, 2.75) is 6.42 Å². The van der Waals surface area contributed by atoms with Gasteiger partial charge in [0.05, 0.1) is 16.6 Å². The molecule has 180 valence electrons. The molecule has 1 aromatic heterocycles. The molecule has 8 heteroatoms. The van der Waals surface area contributed by atoms with Crippen molar-refractivity contribution < 1.29 is 9.90 Å². The number of fused-ring (bicyclic) bond motifs is 1. The average Bonchev–Trinajstić information content (AvgIpc) is 3.29. The van der Waals surface area contributed by atoms with Crippen LogP contribution in [0.3, 0.4) is 0 Å². The zero-order valence-corrected chi connectivity index (χ0v) is 21.2. The van der Waals surface area contributed by atoms with E-state index in [4.69, 9.17) is 0 Å². The molecule has 4 aromatic rings. The van der Waals surface area contributed by atoms with Crippen LogP contribution in [0.15, 0.2) is 65.1 Å². The standard InChI is InChI=1S/C27H28BrN5O2/c1-32-12-14-33(15-13-32)11-10-18-2-6-21(7-3-18)29-27(35)19-4-8-23-24(16-19)31-26(30-23)22-17-20(28)5-9-25(22)34/h2-9,16-17,34H,10-15H2,1H3,(H,29,35)(H,30,31). The number of aromatic amines is 1. The molecule has 5 rings (SSSR count). The maximum absolute atomic E-state index is 12.9. The zero-order chi connectivity index (χ0) is 24.4. The van der Waals surface area contributed by atoms with Crippen LogP contribution < -0.4 is 5.32 Å². The lowest BCUT2D eigenvalue weighted by atomic mass is 10.1. The van der Waals surface area contributed by atoms with E-state index in [9.17, 15) is 9.90 Å². The van der Waals surface area contributed by atoms with Gasteiger partial charge in [0.15, 0.2) is 0 Å². The minimum absolute atomic E-state index is 0.136. The molecular weight excluding hydrogens is 506 g/mol. The first kappa shape index (κ1) is 23.5. The van der Waals surface area contributed by atoms with Crippen LogP contribution in [0.2, 0.25) is 0 Å². The smallest absolute Gasteiger partial charge is 0.255 e. The normalized spacial score (nSPS) is 14.9. The summed E-state index contributed by atoms with van der Waals surface area (Å²) in [7, 11) is 2.17. The minimum Gasteiger partial charge on any atom is -0.507 e. The number of imidazole rings is 1. The number of aromatic hydroxyl groups is 1. The largest absolute Gasteiger partial charge is 0.507 e. The third-order valence-corrected chi connectivity index (χ3v) is 6.98. The fourth-order valence-electron chi connectivity index (χ4n) is 4.29. The van der Waals surface area contributed by atoms with Gasteiger partial charge in [-0.25, -0.2) is 4.98 Å². The molecule has 7 nitrogen and oxygen atoms in total. The van der Waals surface area contributed by atoms with Crippen molar-refractivity contribution >= 4 is 38.6 Å². The van der Waals surface area contributed by atoms with Gasteiger partial charge >= 0.3 is 0 Å². The number of likely N-dealkylation sites (N-methyl/N-ethyl adjacent to an activating group) is 1. The molecular formula is C27H28BrN5O2. The Kier molecular flexibility index (Phi) is 6.86. The molecule has 0 radical (unpaired) electrons. The summed E-state index contributed by atoms with van der Waals surface area (Å²) in [5.41, 5.74) is 4.60. The number of carbonyl (C=O) groups excluding carboxylic acids is 1. The highest BCUT2D eigenvalue weighted by Gasteiger charge is 2.14. The molecule has 0 saturated carbocycles. The molecule has 2 heterocycles. The summed E-state index contributed by atoms with van der Waals surface area (Å²) in [5.74, 6) is 0.493. The van der Waals surface area contributed by atoms with Gasteiger partial charge in [-0.15, -0.1) is 0 Å². The van der Waals surface area contributed by atoms with Crippen molar-refractivity contribution in [3.8, 4) is 17.1 Å². The van der Waals surface area contributed by atoms with Crippen molar-refractivity contribution in [2.75, 3.05) is 45.1 Å². The molecule has 1 fully saturated rings. The summed E-state index contributed by atoms with van der Waals surface area (Å²) in [5, 5.41) is 13.2. The van der Waals surface area contributed by atoms with Gasteiger partial charge in [-0.1, -0.05) is 28.1 Å². The summed E-state index contributed by atoms with van der Waals surface area (Å²) >= 11 is 3.42. The van der Waals surface area contributed by atoms with Gasteiger partial charge in [0.25, 0.3) is 5.91 Å². The number of halogens is 1. The second-order valence-electron chi connectivity index (χ2n) is 9.02. The van der Waals surface area contributed by atoms with Crippen LogP contribution in [0.5, 0.6) is 5.75 Å². The second-order valence-corrected chi connectivity index (χ2v) is 9.94. The summed E-state index contributed by atoms with van der Waals surface area (Å²) in [6.07, 6.45) is 1.00. The Labute approximate surface area is 212 Å². The Morgan fingerprint density at radius 1 is 1.06 bits per heavy atom. The number of amides is 1. The molecule has 3 aromatic carbocycles. The Morgan fingerprint density at radius 3 is 2.60 bits per heavy atom. The summed E-state index contributed by atoms with van der Waals surface area (Å²) < 4.78 is 0.844. The Hall–Kier alpha value is -3.20. The second kappa shape index (κ2) is 10.2. The van der Waals surface area contributed by atoms with E-state index in [2.05, 4.69) is 60.2 Å². The summed E-state index contributed by atoms with van der Waals surface area (Å²) in [4.78, 5) is 25.5. The number of aromatic nitrogens is 2. The number of carbonyl (C=O) groups is 1. The molecule has 0 aliphatic carbocycles. The quantitative estimate of drug-likeness (QED) is 0.333. The molecule has 1 aliphatic heterocycles. The number of anilines is 1. The number of nitrogens with zero attached hydrogens (tertiary/aromatic N) is 3. The lowest BCUT2D eigenvalue weighted by Crippen LogP contribution is -2.45. The highest BCUT2D eigenvalue weighted by Crippen LogP contribution is 2.31. The van der Waals surface area contributed by atoms with Crippen LogP contribution in [-0.2, 0) is 6.42 Å². The number of piperazine rings is 1. The van der Waals surface area contributed by atoms with E-state index in [1.165, 1.54) is 5.56 Å². The van der Waals surface area contributed by atoms with Gasteiger partial charge in [-0.05, 0) is 67.6 Å². The topological polar surface area (TPSA) is 84.5 Å². The minimum atomic E-state index is -0.188. The molecule has 3 N–H and O–H groups in total. The van der Waals surface area contributed by atoms with Gasteiger partial charge in [-0.3, -0.25) is 4.79 Å². The lowest BCUT2D eigenvalue weighted by molar-refractivity contribution is 0.102. The Bertz CT molecular complexity index is 1340. The third-order valence-electron chi connectivity index (χ3n) is 6.48. The van der Waals surface area contributed by atoms with Crippen LogP contribution in [0.25, 0.3) is 22.4 Å². The molecule has 0 atom stereocenters. The first-order chi connectivity index (χ1) is 16.9.